The van der Waals surface area contributed by atoms with E-state index in [9.17, 15) is 62.3 Å². The van der Waals surface area contributed by atoms with Crippen LogP contribution in [0.1, 0.15) is 25.7 Å². The molecular weight excluding hydrogens is 436 g/mol. The first kappa shape index (κ1) is 26.1. The number of hydrogen-bond acceptors (Lipinski definition) is 2. The number of rotatable bonds is 11. The van der Waals surface area contributed by atoms with Crippen LogP contribution in [0.3, 0.4) is 0 Å². The van der Waals surface area contributed by atoms with Crippen molar-refractivity contribution in [3.63, 3.8) is 0 Å². The molecule has 0 aromatic heterocycles. The Kier molecular flexibility index (Phi) is 6.99. The van der Waals surface area contributed by atoms with E-state index in [1.807, 2.05) is 0 Å². The number of alkyl halides is 12. The van der Waals surface area contributed by atoms with Crippen LogP contribution in [0.5, 0.6) is 0 Å². The van der Waals surface area contributed by atoms with Gasteiger partial charge in [0, 0.05) is 12.8 Å². The molecule has 166 valence electrons. The Balaban J connectivity index is 6.12. The van der Waals surface area contributed by atoms with Gasteiger partial charge in [-0.2, -0.15) is 52.7 Å². The fourth-order valence-corrected chi connectivity index (χ4v) is 1.70. The van der Waals surface area contributed by atoms with Crippen LogP contribution in [0.15, 0.2) is 0 Å². The Morgan fingerprint density at radius 2 is 0.714 bits per heavy atom. The van der Waals surface area contributed by atoms with E-state index in [4.69, 9.17) is 10.2 Å². The summed E-state index contributed by atoms with van der Waals surface area (Å²) < 4.78 is 159. The van der Waals surface area contributed by atoms with E-state index < -0.39 is 73.2 Å². The van der Waals surface area contributed by atoms with E-state index in [0.717, 1.165) is 0 Å². The number of carboxylic acid groups (broad SMARTS) is 2. The van der Waals surface area contributed by atoms with Gasteiger partial charge < -0.3 is 10.2 Å². The second-order valence-electron chi connectivity index (χ2n) is 5.49. The van der Waals surface area contributed by atoms with Gasteiger partial charge in [-0.15, -0.1) is 0 Å². The maximum Gasteiger partial charge on any atom is 0.384 e. The molecule has 2 N–H and O–H groups in total. The lowest BCUT2D eigenvalue weighted by atomic mass is 9.89. The van der Waals surface area contributed by atoms with E-state index in [2.05, 4.69) is 0 Å². The van der Waals surface area contributed by atoms with Crippen LogP contribution in [0, 0.1) is 0 Å². The van der Waals surface area contributed by atoms with E-state index in [1.54, 1.807) is 0 Å². The van der Waals surface area contributed by atoms with Crippen molar-refractivity contribution in [3.8, 4) is 0 Å². The first-order chi connectivity index (χ1) is 12.1. The molecule has 0 spiro atoms. The minimum Gasteiger partial charge on any atom is -0.481 e. The maximum absolute atomic E-state index is 13.4. The van der Waals surface area contributed by atoms with Crippen LogP contribution < -0.4 is 0 Å². The normalized spacial score (nSPS) is 14.9. The summed E-state index contributed by atoms with van der Waals surface area (Å²) in [7, 11) is 0. The highest BCUT2D eigenvalue weighted by Crippen LogP contribution is 2.61. The van der Waals surface area contributed by atoms with Gasteiger partial charge in [0.1, 0.15) is 0 Å². The van der Waals surface area contributed by atoms with Gasteiger partial charge in [0.2, 0.25) is 0 Å². The second kappa shape index (κ2) is 7.50. The average molecular weight is 446 g/mol. The Morgan fingerprint density at radius 3 is 0.893 bits per heavy atom. The van der Waals surface area contributed by atoms with Gasteiger partial charge in [-0.3, -0.25) is 9.59 Å². The summed E-state index contributed by atoms with van der Waals surface area (Å²) in [6.45, 7) is 0. The van der Waals surface area contributed by atoms with Crippen LogP contribution in [-0.4, -0.2) is 57.7 Å². The molecule has 0 saturated carbocycles. The first-order valence-electron chi connectivity index (χ1n) is 6.79. The maximum atomic E-state index is 13.4. The van der Waals surface area contributed by atoms with Gasteiger partial charge in [-0.1, -0.05) is 0 Å². The molecule has 0 atom stereocenters. The van der Waals surface area contributed by atoms with Gasteiger partial charge >= 0.3 is 47.5 Å². The molecule has 16 heteroatoms. The third-order valence-electron chi connectivity index (χ3n) is 3.41. The van der Waals surface area contributed by atoms with Gasteiger partial charge in [0.15, 0.2) is 0 Å². The molecule has 0 heterocycles. The molecular formula is C12H10F12O4. The van der Waals surface area contributed by atoms with Gasteiger partial charge in [0.25, 0.3) is 0 Å². The molecule has 0 aromatic carbocycles. The van der Waals surface area contributed by atoms with Gasteiger partial charge in [0.05, 0.1) is 12.8 Å². The first-order valence-corrected chi connectivity index (χ1v) is 6.79. The molecule has 0 saturated heterocycles. The third-order valence-corrected chi connectivity index (χ3v) is 3.41. The quantitative estimate of drug-likeness (QED) is 0.458. The average Bonchev–Trinajstić information content (AvgIpc) is 2.50. The predicted molar refractivity (Wildman–Crippen MR) is 63.4 cm³/mol. The second-order valence-corrected chi connectivity index (χ2v) is 5.49. The van der Waals surface area contributed by atoms with Crippen molar-refractivity contribution in [2.24, 2.45) is 0 Å². The zero-order valence-electron chi connectivity index (χ0n) is 13.1. The Bertz CT molecular complexity index is 549. The highest BCUT2D eigenvalue weighted by atomic mass is 19.4. The summed E-state index contributed by atoms with van der Waals surface area (Å²) in [6, 6.07) is 0. The summed E-state index contributed by atoms with van der Waals surface area (Å²) in [5.74, 6) is -47.5. The third kappa shape index (κ3) is 4.24. The zero-order chi connectivity index (χ0) is 23.0. The van der Waals surface area contributed by atoms with Crippen molar-refractivity contribution < 1.29 is 72.5 Å². The molecule has 0 radical (unpaired) electrons. The molecule has 0 aromatic rings. The van der Waals surface area contributed by atoms with Crippen LogP contribution in [0.4, 0.5) is 52.7 Å². The smallest absolute Gasteiger partial charge is 0.384 e. The van der Waals surface area contributed by atoms with Crippen molar-refractivity contribution in [2.45, 2.75) is 61.2 Å². The fourth-order valence-electron chi connectivity index (χ4n) is 1.70. The molecule has 0 unspecified atom stereocenters. The highest BCUT2D eigenvalue weighted by molar-refractivity contribution is 5.67. The van der Waals surface area contributed by atoms with Crippen molar-refractivity contribution in [2.75, 3.05) is 0 Å². The van der Waals surface area contributed by atoms with E-state index >= 15 is 0 Å². The number of halogens is 12. The molecule has 0 aliphatic rings. The summed E-state index contributed by atoms with van der Waals surface area (Å²) in [6.07, 6.45) is -9.37. The Labute approximate surface area is 147 Å². The van der Waals surface area contributed by atoms with Crippen molar-refractivity contribution in [1.29, 1.82) is 0 Å². The fraction of sp³-hybridized carbons (Fsp3) is 0.833. The lowest BCUT2D eigenvalue weighted by Gasteiger charge is -2.41. The van der Waals surface area contributed by atoms with Crippen LogP contribution in [0.25, 0.3) is 0 Å². The van der Waals surface area contributed by atoms with E-state index in [0.29, 0.717) is 0 Å². The summed E-state index contributed by atoms with van der Waals surface area (Å²) in [5.41, 5.74) is 0. The minimum atomic E-state index is -7.79. The predicted octanol–water partition coefficient (Wildman–Crippen LogP) is 4.53. The topological polar surface area (TPSA) is 74.6 Å². The SMILES string of the molecule is O=C(O)CCC(F)(F)C(F)(F)C(F)(F)C(F)(F)C(F)(F)C(F)(F)CCC(=O)O. The minimum absolute atomic E-state index is 1.98. The van der Waals surface area contributed by atoms with Crippen LogP contribution in [-0.2, 0) is 9.59 Å². The lowest BCUT2D eigenvalue weighted by Crippen LogP contribution is -2.70. The molecule has 0 aliphatic carbocycles. The largest absolute Gasteiger partial charge is 0.481 e. The van der Waals surface area contributed by atoms with Crippen molar-refractivity contribution in [3.05, 3.63) is 0 Å². The van der Waals surface area contributed by atoms with Gasteiger partial charge in [-0.25, -0.2) is 0 Å². The number of carboxylic acids is 2. The highest BCUT2D eigenvalue weighted by Gasteiger charge is 2.89. The Morgan fingerprint density at radius 1 is 0.500 bits per heavy atom. The molecule has 28 heavy (non-hydrogen) atoms. The Hall–Kier alpha value is -1.90. The molecule has 4 nitrogen and oxygen atoms in total. The van der Waals surface area contributed by atoms with E-state index in [1.165, 1.54) is 0 Å². The molecule has 0 fully saturated rings. The van der Waals surface area contributed by atoms with Crippen LogP contribution >= 0.6 is 0 Å². The molecule has 0 aliphatic heterocycles. The number of hydrogen-bond donors (Lipinski definition) is 2. The summed E-state index contributed by atoms with van der Waals surface area (Å²) >= 11 is 0. The molecule has 0 amide bonds. The number of carbonyl (C=O) groups is 2. The lowest BCUT2D eigenvalue weighted by molar-refractivity contribution is -0.425. The van der Waals surface area contributed by atoms with E-state index in [-0.39, 0.29) is 0 Å². The van der Waals surface area contributed by atoms with Crippen LogP contribution in [0.2, 0.25) is 0 Å². The zero-order valence-corrected chi connectivity index (χ0v) is 13.1. The molecule has 0 rings (SSSR count). The summed E-state index contributed by atoms with van der Waals surface area (Å²) in [5, 5.41) is 16.1. The molecule has 0 bridgehead atoms. The standard InChI is InChI=1S/C12H10F12O4/c13-7(14,3-1-5(25)26)9(17,18)11(21,22)12(23,24)10(19,20)8(15,16)4-2-6(27)28/h1-4H2,(H,25,26)(H,27,28). The van der Waals surface area contributed by atoms with Crippen molar-refractivity contribution >= 4 is 11.9 Å². The summed E-state index contributed by atoms with van der Waals surface area (Å²) in [4.78, 5) is 20.1. The number of aliphatic carboxylic acids is 2. The van der Waals surface area contributed by atoms with Crippen molar-refractivity contribution in [1.82, 2.24) is 0 Å². The monoisotopic (exact) mass is 446 g/mol. The van der Waals surface area contributed by atoms with Gasteiger partial charge in [-0.05, 0) is 0 Å².